The summed E-state index contributed by atoms with van der Waals surface area (Å²) in [6.07, 6.45) is 3.42. The fourth-order valence-electron chi connectivity index (χ4n) is 3.64. The SMILES string of the molecule is O=C(N1CCOCC1)N1CCN(CCn2nc(-c3ccncc3)ccc2=O)CC1. The number of pyridine rings is 1. The molecule has 2 aromatic rings. The lowest BCUT2D eigenvalue weighted by molar-refractivity contribution is 0.0375. The van der Waals surface area contributed by atoms with E-state index < -0.39 is 0 Å². The molecular formula is C20H26N6O3. The van der Waals surface area contributed by atoms with Crippen molar-refractivity contribution in [1.29, 1.82) is 0 Å². The molecule has 2 amide bonds. The van der Waals surface area contributed by atoms with Gasteiger partial charge in [0.2, 0.25) is 0 Å². The molecule has 2 aliphatic rings. The van der Waals surface area contributed by atoms with Crippen LogP contribution in [0, 0.1) is 0 Å². The van der Waals surface area contributed by atoms with Crippen molar-refractivity contribution in [2.24, 2.45) is 0 Å². The quantitative estimate of drug-likeness (QED) is 0.740. The zero-order valence-corrected chi connectivity index (χ0v) is 16.4. The van der Waals surface area contributed by atoms with E-state index in [1.165, 1.54) is 4.68 Å². The molecule has 29 heavy (non-hydrogen) atoms. The first-order chi connectivity index (χ1) is 14.2. The van der Waals surface area contributed by atoms with Gasteiger partial charge in [-0.3, -0.25) is 14.7 Å². The number of morpholine rings is 1. The van der Waals surface area contributed by atoms with E-state index in [1.54, 1.807) is 24.5 Å². The number of hydrogen-bond donors (Lipinski definition) is 0. The van der Waals surface area contributed by atoms with Gasteiger partial charge in [0.05, 0.1) is 25.5 Å². The molecule has 154 valence electrons. The van der Waals surface area contributed by atoms with Crippen molar-refractivity contribution in [2.75, 3.05) is 59.0 Å². The van der Waals surface area contributed by atoms with E-state index >= 15 is 0 Å². The van der Waals surface area contributed by atoms with Crippen LogP contribution in [0.4, 0.5) is 4.79 Å². The third kappa shape index (κ3) is 4.80. The number of rotatable bonds is 4. The number of carbonyl (C=O) groups is 1. The van der Waals surface area contributed by atoms with Crippen LogP contribution >= 0.6 is 0 Å². The molecule has 0 aliphatic carbocycles. The first-order valence-electron chi connectivity index (χ1n) is 10.0. The molecule has 2 saturated heterocycles. The number of nitrogens with zero attached hydrogens (tertiary/aromatic N) is 6. The van der Waals surface area contributed by atoms with E-state index in [9.17, 15) is 9.59 Å². The van der Waals surface area contributed by atoms with Gasteiger partial charge in [-0.15, -0.1) is 0 Å². The second-order valence-corrected chi connectivity index (χ2v) is 7.23. The maximum atomic E-state index is 12.6. The van der Waals surface area contributed by atoms with Crippen LogP contribution in [0.15, 0.2) is 41.5 Å². The summed E-state index contributed by atoms with van der Waals surface area (Å²) in [5, 5.41) is 4.50. The lowest BCUT2D eigenvalue weighted by Gasteiger charge is -2.38. The molecule has 0 aromatic carbocycles. The Labute approximate surface area is 169 Å². The molecule has 0 bridgehead atoms. The largest absolute Gasteiger partial charge is 0.378 e. The van der Waals surface area contributed by atoms with Gasteiger partial charge in [-0.1, -0.05) is 0 Å². The van der Waals surface area contributed by atoms with Gasteiger partial charge in [0, 0.05) is 69.8 Å². The molecular weight excluding hydrogens is 372 g/mol. The zero-order chi connectivity index (χ0) is 20.1. The Morgan fingerprint density at radius 3 is 2.31 bits per heavy atom. The molecule has 0 unspecified atom stereocenters. The summed E-state index contributed by atoms with van der Waals surface area (Å²) < 4.78 is 6.83. The van der Waals surface area contributed by atoms with Gasteiger partial charge in [-0.05, 0) is 18.2 Å². The van der Waals surface area contributed by atoms with Crippen LogP contribution in [0.1, 0.15) is 0 Å². The van der Waals surface area contributed by atoms with E-state index in [4.69, 9.17) is 4.74 Å². The lowest BCUT2D eigenvalue weighted by atomic mass is 10.2. The number of ether oxygens (including phenoxy) is 1. The monoisotopic (exact) mass is 398 g/mol. The molecule has 0 spiro atoms. The maximum Gasteiger partial charge on any atom is 0.320 e. The molecule has 9 nitrogen and oxygen atoms in total. The van der Waals surface area contributed by atoms with E-state index in [1.807, 2.05) is 21.9 Å². The fourth-order valence-corrected chi connectivity index (χ4v) is 3.64. The summed E-state index contributed by atoms with van der Waals surface area (Å²) in [5.74, 6) is 0. The second kappa shape index (κ2) is 9.15. The number of carbonyl (C=O) groups excluding carboxylic acids is 1. The van der Waals surface area contributed by atoms with Crippen LogP contribution in [-0.4, -0.2) is 94.5 Å². The van der Waals surface area contributed by atoms with Gasteiger partial charge in [0.15, 0.2) is 0 Å². The van der Waals surface area contributed by atoms with Gasteiger partial charge in [0.25, 0.3) is 5.56 Å². The van der Waals surface area contributed by atoms with Gasteiger partial charge >= 0.3 is 6.03 Å². The van der Waals surface area contributed by atoms with Gasteiger partial charge < -0.3 is 14.5 Å². The summed E-state index contributed by atoms with van der Waals surface area (Å²) in [4.78, 5) is 34.8. The molecule has 4 rings (SSSR count). The van der Waals surface area contributed by atoms with Gasteiger partial charge in [-0.2, -0.15) is 5.10 Å². The molecule has 2 fully saturated rings. The minimum atomic E-state index is -0.107. The first-order valence-corrected chi connectivity index (χ1v) is 10.0. The normalized spacial score (nSPS) is 18.1. The molecule has 2 aromatic heterocycles. The third-order valence-corrected chi connectivity index (χ3v) is 5.40. The van der Waals surface area contributed by atoms with E-state index in [0.29, 0.717) is 45.9 Å². The third-order valence-electron chi connectivity index (χ3n) is 5.40. The maximum absolute atomic E-state index is 12.6. The smallest absolute Gasteiger partial charge is 0.320 e. The Kier molecular flexibility index (Phi) is 6.16. The van der Waals surface area contributed by atoms with Crippen molar-refractivity contribution in [1.82, 2.24) is 29.5 Å². The molecule has 4 heterocycles. The van der Waals surface area contributed by atoms with Crippen LogP contribution in [0.3, 0.4) is 0 Å². The highest BCUT2D eigenvalue weighted by Crippen LogP contribution is 2.13. The van der Waals surface area contributed by atoms with Crippen molar-refractivity contribution < 1.29 is 9.53 Å². The first kappa shape index (κ1) is 19.5. The van der Waals surface area contributed by atoms with E-state index in [2.05, 4.69) is 15.0 Å². The zero-order valence-electron chi connectivity index (χ0n) is 16.4. The summed E-state index contributed by atoms with van der Waals surface area (Å²) in [5.41, 5.74) is 1.58. The molecule has 0 N–H and O–H groups in total. The average molecular weight is 398 g/mol. The average Bonchev–Trinajstić information content (AvgIpc) is 2.79. The number of piperazine rings is 1. The Bertz CT molecular complexity index is 873. The predicted octanol–water partition coefficient (Wildman–Crippen LogP) is 0.375. The Morgan fingerprint density at radius 1 is 0.897 bits per heavy atom. The minimum absolute atomic E-state index is 0.107. The van der Waals surface area contributed by atoms with Gasteiger partial charge in [0.1, 0.15) is 0 Å². The standard InChI is InChI=1S/C20H26N6O3/c27-19-2-1-18(17-3-5-21-6-4-17)22-26(19)12-9-23-7-10-24(11-8-23)20(28)25-13-15-29-16-14-25/h1-6H,7-16H2. The van der Waals surface area contributed by atoms with Crippen LogP contribution in [0.25, 0.3) is 11.3 Å². The number of hydrogen-bond acceptors (Lipinski definition) is 6. The fraction of sp³-hybridized carbons (Fsp3) is 0.500. The summed E-state index contributed by atoms with van der Waals surface area (Å²) in [7, 11) is 0. The van der Waals surface area contributed by atoms with Gasteiger partial charge in [-0.25, -0.2) is 9.48 Å². The van der Waals surface area contributed by atoms with Crippen molar-refractivity contribution in [3.05, 3.63) is 47.0 Å². The molecule has 0 atom stereocenters. The highest BCUT2D eigenvalue weighted by Gasteiger charge is 2.26. The Balaban J connectivity index is 1.30. The van der Waals surface area contributed by atoms with Crippen LogP contribution < -0.4 is 5.56 Å². The van der Waals surface area contributed by atoms with Crippen molar-refractivity contribution in [2.45, 2.75) is 6.54 Å². The van der Waals surface area contributed by atoms with Crippen molar-refractivity contribution in [3.8, 4) is 11.3 Å². The minimum Gasteiger partial charge on any atom is -0.378 e. The number of urea groups is 1. The number of amides is 2. The van der Waals surface area contributed by atoms with Crippen LogP contribution in [0.2, 0.25) is 0 Å². The highest BCUT2D eigenvalue weighted by molar-refractivity contribution is 5.74. The highest BCUT2D eigenvalue weighted by atomic mass is 16.5. The second-order valence-electron chi connectivity index (χ2n) is 7.23. The lowest BCUT2D eigenvalue weighted by Crippen LogP contribution is -2.55. The van der Waals surface area contributed by atoms with Crippen molar-refractivity contribution >= 4 is 6.03 Å². The summed E-state index contributed by atoms with van der Waals surface area (Å²) >= 11 is 0. The van der Waals surface area contributed by atoms with Crippen LogP contribution in [-0.2, 0) is 11.3 Å². The Hall–Kier alpha value is -2.78. The van der Waals surface area contributed by atoms with E-state index in [-0.39, 0.29) is 11.6 Å². The van der Waals surface area contributed by atoms with Crippen LogP contribution in [0.5, 0.6) is 0 Å². The molecule has 0 saturated carbocycles. The molecule has 0 radical (unpaired) electrons. The summed E-state index contributed by atoms with van der Waals surface area (Å²) in [6.45, 7) is 6.83. The number of aromatic nitrogens is 3. The Morgan fingerprint density at radius 2 is 1.59 bits per heavy atom. The molecule has 9 heteroatoms. The van der Waals surface area contributed by atoms with Crippen molar-refractivity contribution in [3.63, 3.8) is 0 Å². The topological polar surface area (TPSA) is 83.8 Å². The van der Waals surface area contributed by atoms with E-state index in [0.717, 1.165) is 30.9 Å². The summed E-state index contributed by atoms with van der Waals surface area (Å²) in [6, 6.07) is 7.16. The molecule has 2 aliphatic heterocycles. The predicted molar refractivity (Wildman–Crippen MR) is 108 cm³/mol.